The molecule has 0 atom stereocenters. The van der Waals surface area contributed by atoms with Crippen LogP contribution in [0.15, 0.2) is 22.6 Å². The Bertz CT molecular complexity index is 1170. The van der Waals surface area contributed by atoms with Crippen LogP contribution in [0.3, 0.4) is 0 Å². The molecule has 1 aromatic carbocycles. The minimum Gasteiger partial charge on any atom is -0.484 e. The number of aromatic nitrogens is 3. The van der Waals surface area contributed by atoms with E-state index in [9.17, 15) is 31.1 Å². The maximum Gasteiger partial charge on any atom is 0.422 e. The van der Waals surface area contributed by atoms with Gasteiger partial charge in [-0.05, 0) is 30.7 Å². The van der Waals surface area contributed by atoms with E-state index in [1.165, 1.54) is 17.9 Å². The van der Waals surface area contributed by atoms with E-state index in [-0.39, 0.29) is 41.0 Å². The van der Waals surface area contributed by atoms with Crippen molar-refractivity contribution in [3.05, 3.63) is 29.3 Å². The lowest BCUT2D eigenvalue weighted by Crippen LogP contribution is -2.28. The highest BCUT2D eigenvalue weighted by Gasteiger charge is 2.35. The number of benzene rings is 1. The summed E-state index contributed by atoms with van der Waals surface area (Å²) >= 11 is 0. The topological polar surface area (TPSA) is 93.4 Å². The fourth-order valence-electron chi connectivity index (χ4n) is 2.75. The van der Waals surface area contributed by atoms with Crippen LogP contribution in [0.4, 0.5) is 32.4 Å². The molecule has 2 aromatic heterocycles. The van der Waals surface area contributed by atoms with E-state index < -0.39 is 35.8 Å². The molecule has 0 bridgehead atoms. The molecule has 3 rings (SSSR count). The van der Waals surface area contributed by atoms with Crippen molar-refractivity contribution < 1.29 is 40.3 Å². The molecule has 0 spiro atoms. The van der Waals surface area contributed by atoms with Crippen LogP contribution in [0.25, 0.3) is 22.5 Å². The van der Waals surface area contributed by atoms with Crippen molar-refractivity contribution in [3.63, 3.8) is 0 Å². The molecular weight excluding hydrogens is 460 g/mol. The van der Waals surface area contributed by atoms with Crippen LogP contribution >= 0.6 is 0 Å². The molecule has 0 aliphatic carbocycles. The van der Waals surface area contributed by atoms with Crippen LogP contribution in [0.5, 0.6) is 5.75 Å². The minimum absolute atomic E-state index is 0.0554. The van der Waals surface area contributed by atoms with E-state index in [0.29, 0.717) is 6.07 Å². The number of ether oxygens (including phenoxy) is 1. The summed E-state index contributed by atoms with van der Waals surface area (Å²) < 4.78 is 88.2. The molecule has 1 amide bonds. The maximum atomic E-state index is 13.7. The van der Waals surface area contributed by atoms with Crippen LogP contribution in [-0.4, -0.2) is 59.4 Å². The van der Waals surface area contributed by atoms with Gasteiger partial charge in [-0.1, -0.05) is 5.10 Å². The Morgan fingerprint density at radius 2 is 1.82 bits per heavy atom. The Hall–Kier alpha value is -3.58. The highest BCUT2D eigenvalue weighted by atomic mass is 19.4. The Balaban J connectivity index is 2.00. The zero-order valence-electron chi connectivity index (χ0n) is 17.4. The fourth-order valence-corrected chi connectivity index (χ4v) is 2.75. The second-order valence-electron chi connectivity index (χ2n) is 7.15. The van der Waals surface area contributed by atoms with Gasteiger partial charge in [-0.2, -0.15) is 26.3 Å². The van der Waals surface area contributed by atoms with Crippen LogP contribution in [0.2, 0.25) is 0 Å². The number of aryl methyl sites for hydroxylation is 1. The Labute approximate surface area is 182 Å². The van der Waals surface area contributed by atoms with Crippen molar-refractivity contribution in [2.24, 2.45) is 0 Å². The van der Waals surface area contributed by atoms with E-state index in [2.05, 4.69) is 25.2 Å². The van der Waals surface area contributed by atoms with Gasteiger partial charge in [-0.3, -0.25) is 4.79 Å². The number of carbonyl (C=O) groups is 1. The number of rotatable bonds is 6. The van der Waals surface area contributed by atoms with Gasteiger partial charge in [0.05, 0.1) is 17.6 Å². The van der Waals surface area contributed by atoms with E-state index in [4.69, 9.17) is 4.42 Å². The number of hydrogen-bond donors (Lipinski definition) is 1. The summed E-state index contributed by atoms with van der Waals surface area (Å²) in [5.41, 5.74) is -1.63. The normalized spacial score (nSPS) is 12.2. The van der Waals surface area contributed by atoms with Crippen LogP contribution in [-0.2, 0) is 11.0 Å². The van der Waals surface area contributed by atoms with Gasteiger partial charge >= 0.3 is 18.4 Å². The van der Waals surface area contributed by atoms with Gasteiger partial charge in [0, 0.05) is 19.5 Å². The fraction of sp³-hybridized carbons (Fsp3) is 0.368. The second-order valence-corrected chi connectivity index (χ2v) is 7.15. The predicted octanol–water partition coefficient (Wildman–Crippen LogP) is 4.05. The third kappa shape index (κ3) is 5.81. The molecule has 0 fully saturated rings. The number of amides is 1. The van der Waals surface area contributed by atoms with Crippen molar-refractivity contribution in [1.82, 2.24) is 20.1 Å². The molecule has 8 nitrogen and oxygen atoms in total. The molecule has 0 saturated heterocycles. The summed E-state index contributed by atoms with van der Waals surface area (Å²) in [6, 6.07) is 2.71. The number of likely N-dealkylation sites (N-methyl/N-ethyl adjacent to an activating group) is 1. The third-order valence-electron chi connectivity index (χ3n) is 4.34. The molecule has 0 saturated carbocycles. The maximum absolute atomic E-state index is 13.7. The van der Waals surface area contributed by atoms with Gasteiger partial charge < -0.3 is 19.4 Å². The molecule has 0 aliphatic rings. The Kier molecular flexibility index (Phi) is 6.38. The van der Waals surface area contributed by atoms with Crippen molar-refractivity contribution in [2.45, 2.75) is 19.3 Å². The molecule has 0 unspecified atom stereocenters. The lowest BCUT2D eigenvalue weighted by molar-refractivity contribution is -0.153. The number of hydrogen-bond acceptors (Lipinski definition) is 7. The largest absolute Gasteiger partial charge is 0.484 e. The molecule has 2 heterocycles. The second kappa shape index (κ2) is 8.75. The van der Waals surface area contributed by atoms with Crippen molar-refractivity contribution in [1.29, 1.82) is 0 Å². The van der Waals surface area contributed by atoms with Gasteiger partial charge in [0.15, 0.2) is 6.61 Å². The SMILES string of the molecule is Cc1cc(-c2nnc(NCC(=O)N(C)C)o2)nc2c(C(F)(F)F)cc(OCC(F)(F)F)cc12. The van der Waals surface area contributed by atoms with Crippen LogP contribution < -0.4 is 10.1 Å². The van der Waals surface area contributed by atoms with Gasteiger partial charge in [0.2, 0.25) is 5.91 Å². The molecule has 14 heteroatoms. The number of alkyl halides is 6. The first-order valence-corrected chi connectivity index (χ1v) is 9.24. The van der Waals surface area contributed by atoms with E-state index in [1.807, 2.05) is 0 Å². The first kappa shape index (κ1) is 24.1. The summed E-state index contributed by atoms with van der Waals surface area (Å²) in [4.78, 5) is 16.9. The molecule has 0 radical (unpaired) electrons. The molecule has 178 valence electrons. The van der Waals surface area contributed by atoms with E-state index >= 15 is 0 Å². The number of nitrogens with zero attached hydrogens (tertiary/aromatic N) is 4. The lowest BCUT2D eigenvalue weighted by Gasteiger charge is -2.15. The molecule has 3 aromatic rings. The first-order valence-electron chi connectivity index (χ1n) is 9.24. The molecule has 1 N–H and O–H groups in total. The summed E-state index contributed by atoms with van der Waals surface area (Å²) in [6.45, 7) is -0.446. The van der Waals surface area contributed by atoms with E-state index in [1.54, 1.807) is 14.1 Å². The predicted molar refractivity (Wildman–Crippen MR) is 104 cm³/mol. The van der Waals surface area contributed by atoms with Crippen LogP contribution in [0.1, 0.15) is 11.1 Å². The van der Waals surface area contributed by atoms with Gasteiger partial charge in [-0.25, -0.2) is 4.98 Å². The smallest absolute Gasteiger partial charge is 0.422 e. The number of nitrogens with one attached hydrogen (secondary N) is 1. The zero-order chi connectivity index (χ0) is 24.6. The van der Waals surface area contributed by atoms with Crippen molar-refractivity contribution >= 4 is 22.8 Å². The van der Waals surface area contributed by atoms with Crippen molar-refractivity contribution in [3.8, 4) is 17.3 Å². The lowest BCUT2D eigenvalue weighted by atomic mass is 10.0. The molecular formula is C19H17F6N5O3. The number of anilines is 1. The Morgan fingerprint density at radius 3 is 2.42 bits per heavy atom. The average molecular weight is 477 g/mol. The number of halogens is 6. The standard InChI is InChI=1S/C19H17F6N5O3/c1-9-4-13(16-28-29-17(33-16)26-7-14(31)30(2)3)27-15-11(9)5-10(32-8-18(20,21)22)6-12(15)19(23,24)25/h4-6H,7-8H2,1-3H3,(H,26,29). The molecule has 33 heavy (non-hydrogen) atoms. The van der Waals surface area contributed by atoms with Crippen LogP contribution in [0, 0.1) is 6.92 Å². The van der Waals surface area contributed by atoms with Crippen molar-refractivity contribution in [2.75, 3.05) is 32.6 Å². The number of carbonyl (C=O) groups excluding carboxylic acids is 1. The molecule has 0 aliphatic heterocycles. The average Bonchev–Trinajstić information content (AvgIpc) is 3.17. The Morgan fingerprint density at radius 1 is 1.12 bits per heavy atom. The summed E-state index contributed by atoms with van der Waals surface area (Å²) in [7, 11) is 3.09. The number of pyridine rings is 1. The third-order valence-corrected chi connectivity index (χ3v) is 4.34. The highest BCUT2D eigenvalue weighted by molar-refractivity contribution is 5.88. The van der Waals surface area contributed by atoms with E-state index in [0.717, 1.165) is 6.07 Å². The first-order chi connectivity index (χ1) is 15.2. The minimum atomic E-state index is -4.93. The number of fused-ring (bicyclic) bond motifs is 1. The monoisotopic (exact) mass is 477 g/mol. The summed E-state index contributed by atoms with van der Waals surface area (Å²) in [5.74, 6) is -1.10. The zero-order valence-corrected chi connectivity index (χ0v) is 17.4. The van der Waals surface area contributed by atoms with Gasteiger partial charge in [0.1, 0.15) is 11.4 Å². The summed E-state index contributed by atoms with van der Waals surface area (Å²) in [6.07, 6.45) is -9.65. The van der Waals surface area contributed by atoms with Gasteiger partial charge in [-0.15, -0.1) is 5.10 Å². The quantitative estimate of drug-likeness (QED) is 0.536. The van der Waals surface area contributed by atoms with Gasteiger partial charge in [0.25, 0.3) is 5.89 Å². The highest BCUT2D eigenvalue weighted by Crippen LogP contribution is 2.39. The summed E-state index contributed by atoms with van der Waals surface area (Å²) in [5, 5.41) is 9.94.